The molecule has 0 atom stereocenters. The van der Waals surface area contributed by atoms with Crippen molar-refractivity contribution < 1.29 is 35.0 Å². The molecule has 0 aliphatic carbocycles. The van der Waals surface area contributed by atoms with E-state index in [4.69, 9.17) is 35.0 Å². The van der Waals surface area contributed by atoms with Gasteiger partial charge in [0.1, 0.15) is 0 Å². The molecule has 4 N–H and O–H groups in total. The molecular formula is H4O8S2Sn. The smallest absolute Gasteiger partial charge is 0.264 e. The van der Waals surface area contributed by atoms with E-state index >= 15 is 0 Å². The summed E-state index contributed by atoms with van der Waals surface area (Å²) in [7, 11) is -9.33. The van der Waals surface area contributed by atoms with E-state index < -0.39 is 20.8 Å². The van der Waals surface area contributed by atoms with Crippen LogP contribution in [0.2, 0.25) is 0 Å². The Bertz CT molecular complexity index is 208. The molecule has 11 heavy (non-hydrogen) atoms. The van der Waals surface area contributed by atoms with Crippen molar-refractivity contribution in [2.45, 2.75) is 0 Å². The molecule has 0 rings (SSSR count). The molecule has 0 amide bonds. The van der Waals surface area contributed by atoms with Gasteiger partial charge in [0.2, 0.25) is 0 Å². The van der Waals surface area contributed by atoms with Crippen molar-refractivity contribution in [2.24, 2.45) is 0 Å². The Kier molecular flexibility index (Phi) is 9.75. The maximum atomic E-state index is 8.74. The normalized spacial score (nSPS) is 10.5. The van der Waals surface area contributed by atoms with Crippen LogP contribution in [-0.2, 0) is 20.8 Å². The minimum Gasteiger partial charge on any atom is -0.264 e. The average Bonchev–Trinajstić information content (AvgIpc) is 1.12. The van der Waals surface area contributed by atoms with Crippen molar-refractivity contribution in [2.75, 3.05) is 0 Å². The minimum absolute atomic E-state index is 0. The third-order valence-corrected chi connectivity index (χ3v) is 0. The van der Waals surface area contributed by atoms with Crippen molar-refractivity contribution in [3.63, 3.8) is 0 Å². The second-order valence-electron chi connectivity index (χ2n) is 0.896. The van der Waals surface area contributed by atoms with E-state index in [0.717, 1.165) is 0 Å². The molecule has 0 aliphatic heterocycles. The maximum absolute atomic E-state index is 8.74. The van der Waals surface area contributed by atoms with Crippen LogP contribution in [0, 0.1) is 0 Å². The monoisotopic (exact) mass is 316 g/mol. The van der Waals surface area contributed by atoms with Gasteiger partial charge in [-0.15, -0.1) is 0 Å². The topological polar surface area (TPSA) is 149 Å². The van der Waals surface area contributed by atoms with Crippen molar-refractivity contribution in [3.05, 3.63) is 0 Å². The quantitative estimate of drug-likeness (QED) is 0.306. The van der Waals surface area contributed by atoms with E-state index in [1.54, 1.807) is 0 Å². The third kappa shape index (κ3) is 2650. The Morgan fingerprint density at radius 1 is 0.636 bits per heavy atom. The Morgan fingerprint density at radius 2 is 0.636 bits per heavy atom. The molecule has 0 aromatic rings. The summed E-state index contributed by atoms with van der Waals surface area (Å²) in [6.07, 6.45) is 0. The van der Waals surface area contributed by atoms with Gasteiger partial charge in [-0.3, -0.25) is 18.2 Å². The molecule has 0 unspecified atom stereocenters. The maximum Gasteiger partial charge on any atom is 0.394 e. The van der Waals surface area contributed by atoms with Crippen LogP contribution in [0.5, 0.6) is 0 Å². The van der Waals surface area contributed by atoms with Crippen LogP contribution in [0.4, 0.5) is 0 Å². The Morgan fingerprint density at radius 3 is 0.636 bits per heavy atom. The zero-order valence-electron chi connectivity index (χ0n) is 4.74. The first kappa shape index (κ1) is 17.6. The second kappa shape index (κ2) is 6.10. The van der Waals surface area contributed by atoms with E-state index in [-0.39, 0.29) is 23.9 Å². The van der Waals surface area contributed by atoms with Gasteiger partial charge in [-0.05, 0) is 0 Å². The number of hydrogen-bond acceptors (Lipinski definition) is 4. The van der Waals surface area contributed by atoms with E-state index in [9.17, 15) is 0 Å². The Balaban J connectivity index is -0.000000107. The fraction of sp³-hybridized carbons (Fsp3) is 0. The van der Waals surface area contributed by atoms with Gasteiger partial charge in [0.25, 0.3) is 0 Å². The van der Waals surface area contributed by atoms with Gasteiger partial charge in [-0.1, -0.05) is 0 Å². The van der Waals surface area contributed by atoms with Crippen molar-refractivity contribution in [3.8, 4) is 0 Å². The molecule has 0 aromatic carbocycles. The molecular weight excluding hydrogens is 311 g/mol. The molecule has 0 saturated heterocycles. The summed E-state index contributed by atoms with van der Waals surface area (Å²) in [6, 6.07) is 0. The molecule has 8 nitrogen and oxygen atoms in total. The Labute approximate surface area is 79.7 Å². The van der Waals surface area contributed by atoms with Crippen LogP contribution in [-0.4, -0.2) is 59.0 Å². The largest absolute Gasteiger partial charge is 0.394 e. The van der Waals surface area contributed by atoms with Gasteiger partial charge in [-0.2, -0.15) is 16.8 Å². The van der Waals surface area contributed by atoms with Gasteiger partial charge in [0.15, 0.2) is 0 Å². The summed E-state index contributed by atoms with van der Waals surface area (Å²) < 4.78 is 63.2. The molecule has 0 bridgehead atoms. The molecule has 0 saturated carbocycles. The van der Waals surface area contributed by atoms with Gasteiger partial charge in [-0.25, -0.2) is 0 Å². The van der Waals surface area contributed by atoms with Gasteiger partial charge >= 0.3 is 20.8 Å². The molecule has 0 heterocycles. The molecule has 0 fully saturated rings. The summed E-state index contributed by atoms with van der Waals surface area (Å²) in [5.74, 6) is 0. The fourth-order valence-corrected chi connectivity index (χ4v) is 0. The Hall–Kier alpha value is 0.539. The number of hydrogen-bond donors (Lipinski definition) is 4. The van der Waals surface area contributed by atoms with E-state index in [1.807, 2.05) is 0 Å². The first-order chi connectivity index (χ1) is 4.00. The van der Waals surface area contributed by atoms with Crippen LogP contribution in [0.15, 0.2) is 0 Å². The van der Waals surface area contributed by atoms with Crippen LogP contribution in [0.3, 0.4) is 0 Å². The number of rotatable bonds is 0. The van der Waals surface area contributed by atoms with Crippen LogP contribution < -0.4 is 0 Å². The standard InChI is InChI=1S/2H2O4S.Sn/c2*1-5(2,3)4;/h2*(H2,1,2,3,4);. The first-order valence-corrected chi connectivity index (χ1v) is 4.19. The molecule has 68 valence electrons. The summed E-state index contributed by atoms with van der Waals surface area (Å²) >= 11 is 0. The third-order valence-electron chi connectivity index (χ3n) is 0. The van der Waals surface area contributed by atoms with Crippen molar-refractivity contribution >= 4 is 44.7 Å². The van der Waals surface area contributed by atoms with Crippen LogP contribution in [0.1, 0.15) is 0 Å². The summed E-state index contributed by atoms with van der Waals surface area (Å²) in [6.45, 7) is 0. The van der Waals surface area contributed by atoms with Crippen molar-refractivity contribution in [1.82, 2.24) is 0 Å². The van der Waals surface area contributed by atoms with Gasteiger partial charge in [0, 0.05) is 23.9 Å². The van der Waals surface area contributed by atoms with Crippen LogP contribution >= 0.6 is 0 Å². The summed E-state index contributed by atoms with van der Waals surface area (Å²) in [5.41, 5.74) is 0. The molecule has 0 aliphatic rings. The zero-order chi connectivity index (χ0) is 9.00. The first-order valence-electron chi connectivity index (χ1n) is 1.40. The molecule has 0 aromatic heterocycles. The summed E-state index contributed by atoms with van der Waals surface area (Å²) in [4.78, 5) is 0. The van der Waals surface area contributed by atoms with Crippen molar-refractivity contribution in [1.29, 1.82) is 0 Å². The van der Waals surface area contributed by atoms with Gasteiger partial charge in [0.05, 0.1) is 0 Å². The summed E-state index contributed by atoms with van der Waals surface area (Å²) in [5, 5.41) is 0. The SMILES string of the molecule is O=S(=O)(O)O.O=S(=O)(O)O.[Sn]. The second-order valence-corrected chi connectivity index (χ2v) is 2.69. The fourth-order valence-electron chi connectivity index (χ4n) is 0. The molecule has 0 spiro atoms. The van der Waals surface area contributed by atoms with Crippen LogP contribution in [0.25, 0.3) is 0 Å². The predicted octanol–water partition coefficient (Wildman–Crippen LogP) is -1.69. The molecule has 4 radical (unpaired) electrons. The van der Waals surface area contributed by atoms with E-state index in [2.05, 4.69) is 0 Å². The minimum atomic E-state index is -4.67. The zero-order valence-corrected chi connectivity index (χ0v) is 9.23. The van der Waals surface area contributed by atoms with Gasteiger partial charge < -0.3 is 0 Å². The average molecular weight is 315 g/mol. The van der Waals surface area contributed by atoms with E-state index in [0.29, 0.717) is 0 Å². The predicted molar refractivity (Wildman–Crippen MR) is 34.1 cm³/mol. The van der Waals surface area contributed by atoms with E-state index in [1.165, 1.54) is 0 Å². The molecule has 11 heteroatoms.